The fourth-order valence-corrected chi connectivity index (χ4v) is 3.76. The molecule has 0 unspecified atom stereocenters. The highest BCUT2D eigenvalue weighted by Gasteiger charge is 2.19. The Labute approximate surface area is 180 Å². The minimum Gasteiger partial charge on any atom is -0.344 e. The zero-order chi connectivity index (χ0) is 22.0. The molecule has 0 spiro atoms. The van der Waals surface area contributed by atoms with Crippen molar-refractivity contribution in [3.05, 3.63) is 58.3 Å². The second-order valence-electron chi connectivity index (χ2n) is 7.41. The Morgan fingerprint density at radius 1 is 1.23 bits per heavy atom. The van der Waals surface area contributed by atoms with Gasteiger partial charge in [0.05, 0.1) is 25.0 Å². The molecule has 1 aromatic carbocycles. The molecule has 0 atom stereocenters. The molecular weight excluding hydrogens is 390 g/mol. The highest BCUT2D eigenvalue weighted by molar-refractivity contribution is 5.85. The Balaban J connectivity index is 1.86. The van der Waals surface area contributed by atoms with E-state index in [1.165, 1.54) is 4.68 Å². The molecule has 0 radical (unpaired) electrons. The molecule has 0 fully saturated rings. The minimum atomic E-state index is -0.220. The maximum atomic E-state index is 13.5. The molecule has 3 heterocycles. The number of anilines is 1. The van der Waals surface area contributed by atoms with Crippen LogP contribution in [-0.4, -0.2) is 44.5 Å². The molecule has 8 nitrogen and oxygen atoms in total. The summed E-state index contributed by atoms with van der Waals surface area (Å²) in [6, 6.07) is 10.1. The molecule has 3 aromatic heterocycles. The van der Waals surface area contributed by atoms with Crippen LogP contribution in [0.4, 0.5) is 5.95 Å². The fourth-order valence-electron chi connectivity index (χ4n) is 3.76. The van der Waals surface area contributed by atoms with Crippen molar-refractivity contribution in [3.63, 3.8) is 0 Å². The van der Waals surface area contributed by atoms with Crippen molar-refractivity contribution in [1.82, 2.24) is 24.3 Å². The molecule has 0 aliphatic rings. The Kier molecular flexibility index (Phi) is 5.69. The van der Waals surface area contributed by atoms with Gasteiger partial charge in [0, 0.05) is 31.2 Å². The summed E-state index contributed by atoms with van der Waals surface area (Å²) in [5.74, 6) is 6.59. The molecule has 0 saturated carbocycles. The minimum absolute atomic E-state index is 0.220. The Morgan fingerprint density at radius 2 is 2.03 bits per heavy atom. The number of aromatic nitrogens is 5. The summed E-state index contributed by atoms with van der Waals surface area (Å²) >= 11 is 0. The van der Waals surface area contributed by atoms with E-state index in [1.807, 2.05) is 53.8 Å². The molecular formula is C23H25N7O. The van der Waals surface area contributed by atoms with Crippen LogP contribution in [0.2, 0.25) is 0 Å². The standard InChI is InChI=1S/C23H25N7O/c1-4-5-11-29-21-19(27-23(29)28(3)12-10-24)14-25-30(22(21)31)15-20-18-9-7-6-8-17(18)13-16(2)26-20/h6-9,13-14H,10-12,15,24H2,1-3H3. The van der Waals surface area contributed by atoms with Gasteiger partial charge in [-0.3, -0.25) is 14.3 Å². The first-order chi connectivity index (χ1) is 15.0. The predicted octanol–water partition coefficient (Wildman–Crippen LogP) is 1.92. The number of imidazole rings is 1. The maximum absolute atomic E-state index is 13.5. The first-order valence-electron chi connectivity index (χ1n) is 10.2. The Morgan fingerprint density at radius 3 is 2.81 bits per heavy atom. The third-order valence-corrected chi connectivity index (χ3v) is 5.20. The fraction of sp³-hybridized carbons (Fsp3) is 0.304. The van der Waals surface area contributed by atoms with E-state index in [-0.39, 0.29) is 12.1 Å². The van der Waals surface area contributed by atoms with E-state index in [9.17, 15) is 4.79 Å². The zero-order valence-electron chi connectivity index (χ0n) is 18.0. The summed E-state index contributed by atoms with van der Waals surface area (Å²) in [5, 5.41) is 6.49. The lowest BCUT2D eigenvalue weighted by Crippen LogP contribution is -2.29. The summed E-state index contributed by atoms with van der Waals surface area (Å²) in [4.78, 5) is 24.7. The van der Waals surface area contributed by atoms with Gasteiger partial charge in [0.15, 0.2) is 0 Å². The normalized spacial score (nSPS) is 11.0. The van der Waals surface area contributed by atoms with Gasteiger partial charge in [0.2, 0.25) is 5.95 Å². The number of hydrogen-bond acceptors (Lipinski definition) is 6. The van der Waals surface area contributed by atoms with Gasteiger partial charge in [-0.05, 0) is 25.3 Å². The number of benzene rings is 1. The second-order valence-corrected chi connectivity index (χ2v) is 7.41. The van der Waals surface area contributed by atoms with Crippen LogP contribution in [0.1, 0.15) is 18.3 Å². The average Bonchev–Trinajstić information content (AvgIpc) is 3.13. The number of fused-ring (bicyclic) bond motifs is 2. The maximum Gasteiger partial charge on any atom is 0.293 e. The van der Waals surface area contributed by atoms with Crippen molar-refractivity contribution in [2.75, 3.05) is 25.0 Å². The van der Waals surface area contributed by atoms with Crippen LogP contribution >= 0.6 is 0 Å². The number of rotatable bonds is 6. The monoisotopic (exact) mass is 415 g/mol. The van der Waals surface area contributed by atoms with Crippen LogP contribution in [0, 0.1) is 18.8 Å². The lowest BCUT2D eigenvalue weighted by atomic mass is 10.1. The first-order valence-corrected chi connectivity index (χ1v) is 10.2. The number of nitrogens with zero attached hydrogens (tertiary/aromatic N) is 6. The van der Waals surface area contributed by atoms with Gasteiger partial charge in [-0.25, -0.2) is 9.67 Å². The zero-order valence-corrected chi connectivity index (χ0v) is 18.0. The largest absolute Gasteiger partial charge is 0.344 e. The van der Waals surface area contributed by atoms with Gasteiger partial charge in [-0.1, -0.05) is 30.2 Å². The van der Waals surface area contributed by atoms with Crippen molar-refractivity contribution in [1.29, 1.82) is 0 Å². The van der Waals surface area contributed by atoms with Gasteiger partial charge < -0.3 is 10.6 Å². The van der Waals surface area contributed by atoms with Crippen LogP contribution < -0.4 is 16.2 Å². The molecule has 0 saturated heterocycles. The Hall–Kier alpha value is -3.70. The van der Waals surface area contributed by atoms with Crippen molar-refractivity contribution in [2.45, 2.75) is 26.9 Å². The summed E-state index contributed by atoms with van der Waals surface area (Å²) in [6.07, 6.45) is 1.63. The number of likely N-dealkylation sites (N-methyl/N-ethyl adjacent to an activating group) is 1. The van der Waals surface area contributed by atoms with Crippen molar-refractivity contribution >= 4 is 27.8 Å². The van der Waals surface area contributed by atoms with Gasteiger partial charge in [-0.15, -0.1) is 5.92 Å². The summed E-state index contributed by atoms with van der Waals surface area (Å²) < 4.78 is 3.28. The van der Waals surface area contributed by atoms with E-state index in [4.69, 9.17) is 5.73 Å². The summed E-state index contributed by atoms with van der Waals surface area (Å²) in [5.41, 5.74) is 8.23. The number of aryl methyl sites for hydroxylation is 1. The van der Waals surface area contributed by atoms with Crippen LogP contribution in [0.25, 0.3) is 21.8 Å². The van der Waals surface area contributed by atoms with Crippen molar-refractivity contribution < 1.29 is 0 Å². The van der Waals surface area contributed by atoms with E-state index in [0.29, 0.717) is 36.6 Å². The van der Waals surface area contributed by atoms with Crippen molar-refractivity contribution in [2.24, 2.45) is 5.73 Å². The summed E-state index contributed by atoms with van der Waals surface area (Å²) in [6.45, 7) is 5.46. The van der Waals surface area contributed by atoms with E-state index in [1.54, 1.807) is 13.1 Å². The van der Waals surface area contributed by atoms with Gasteiger partial charge >= 0.3 is 0 Å². The molecule has 0 aliphatic carbocycles. The molecule has 4 rings (SSSR count). The smallest absolute Gasteiger partial charge is 0.293 e. The van der Waals surface area contributed by atoms with Crippen LogP contribution in [-0.2, 0) is 13.1 Å². The van der Waals surface area contributed by atoms with Crippen LogP contribution in [0.5, 0.6) is 0 Å². The van der Waals surface area contributed by atoms with Gasteiger partial charge in [-0.2, -0.15) is 5.10 Å². The highest BCUT2D eigenvalue weighted by Crippen LogP contribution is 2.21. The number of hydrogen-bond donors (Lipinski definition) is 1. The first kappa shape index (κ1) is 20.6. The summed E-state index contributed by atoms with van der Waals surface area (Å²) in [7, 11) is 1.90. The molecule has 0 bridgehead atoms. The van der Waals surface area contributed by atoms with E-state index in [0.717, 1.165) is 22.2 Å². The molecule has 0 amide bonds. The van der Waals surface area contributed by atoms with E-state index in [2.05, 4.69) is 26.9 Å². The third-order valence-electron chi connectivity index (χ3n) is 5.20. The highest BCUT2D eigenvalue weighted by atomic mass is 16.1. The van der Waals surface area contributed by atoms with Gasteiger partial charge in [0.1, 0.15) is 11.0 Å². The lowest BCUT2D eigenvalue weighted by molar-refractivity contribution is 0.633. The molecule has 31 heavy (non-hydrogen) atoms. The quantitative estimate of drug-likeness (QED) is 0.484. The average molecular weight is 416 g/mol. The van der Waals surface area contributed by atoms with Crippen LogP contribution in [0.3, 0.4) is 0 Å². The second kappa shape index (κ2) is 8.58. The van der Waals surface area contributed by atoms with Gasteiger partial charge in [0.25, 0.3) is 5.56 Å². The van der Waals surface area contributed by atoms with Crippen molar-refractivity contribution in [3.8, 4) is 11.8 Å². The molecule has 8 heteroatoms. The van der Waals surface area contributed by atoms with E-state index >= 15 is 0 Å². The Bertz CT molecular complexity index is 1370. The SMILES string of the molecule is CC#CCn1c(N(C)CCN)nc2cnn(Cc3nc(C)cc4ccccc34)c(=O)c21. The topological polar surface area (TPSA) is 94.9 Å². The molecule has 0 aliphatic heterocycles. The number of pyridine rings is 1. The lowest BCUT2D eigenvalue weighted by Gasteiger charge is -2.17. The molecule has 4 aromatic rings. The molecule has 2 N–H and O–H groups in total. The third kappa shape index (κ3) is 3.88. The van der Waals surface area contributed by atoms with Crippen LogP contribution in [0.15, 0.2) is 41.3 Å². The van der Waals surface area contributed by atoms with E-state index < -0.39 is 0 Å². The molecule has 158 valence electrons. The predicted molar refractivity (Wildman–Crippen MR) is 123 cm³/mol. The number of nitrogens with two attached hydrogens (primary N) is 1.